The maximum Gasteiger partial charge on any atom is 0.145 e. The van der Waals surface area contributed by atoms with E-state index < -0.39 is 0 Å². The van der Waals surface area contributed by atoms with E-state index in [4.69, 9.17) is 10.00 Å². The summed E-state index contributed by atoms with van der Waals surface area (Å²) in [6.07, 6.45) is 0. The minimum Gasteiger partial charge on any atom is -0.494 e. The van der Waals surface area contributed by atoms with Crippen LogP contribution in [0.3, 0.4) is 0 Å². The van der Waals surface area contributed by atoms with E-state index in [2.05, 4.69) is 12.1 Å². The average molecular weight is 218 g/mol. The van der Waals surface area contributed by atoms with Crippen LogP contribution in [0.2, 0.25) is 0 Å². The summed E-state index contributed by atoms with van der Waals surface area (Å²) in [5.74, 6) is 0.843. The Kier molecular flexibility index (Phi) is 3.78. The van der Waals surface area contributed by atoms with Crippen LogP contribution in [0.5, 0.6) is 5.75 Å². The van der Waals surface area contributed by atoms with Crippen LogP contribution in [0.15, 0.2) is 12.1 Å². The first kappa shape index (κ1) is 12.4. The molecular formula is C13H18N2O. The van der Waals surface area contributed by atoms with Crippen LogP contribution < -0.4 is 9.64 Å². The van der Waals surface area contributed by atoms with Crippen molar-refractivity contribution < 1.29 is 4.74 Å². The molecule has 1 atom stereocenters. The highest BCUT2D eigenvalue weighted by Gasteiger charge is 2.15. The van der Waals surface area contributed by atoms with Gasteiger partial charge < -0.3 is 9.64 Å². The number of nitriles is 1. The van der Waals surface area contributed by atoms with Gasteiger partial charge in [0.1, 0.15) is 11.8 Å². The molecular weight excluding hydrogens is 200 g/mol. The number of nitrogens with zero attached hydrogens (tertiary/aromatic N) is 2. The number of anilines is 1. The third-order valence-electron chi connectivity index (χ3n) is 2.75. The largest absolute Gasteiger partial charge is 0.494 e. The van der Waals surface area contributed by atoms with Gasteiger partial charge in [0.25, 0.3) is 0 Å². The predicted molar refractivity (Wildman–Crippen MR) is 65.9 cm³/mol. The van der Waals surface area contributed by atoms with E-state index in [-0.39, 0.29) is 6.04 Å². The first-order valence-corrected chi connectivity index (χ1v) is 5.29. The quantitative estimate of drug-likeness (QED) is 0.782. The first-order valence-electron chi connectivity index (χ1n) is 5.29. The van der Waals surface area contributed by atoms with E-state index >= 15 is 0 Å². The van der Waals surface area contributed by atoms with Gasteiger partial charge in [-0.2, -0.15) is 5.26 Å². The second kappa shape index (κ2) is 4.89. The topological polar surface area (TPSA) is 36.3 Å². The molecule has 0 aromatic heterocycles. The van der Waals surface area contributed by atoms with Crippen LogP contribution >= 0.6 is 0 Å². The molecule has 0 aliphatic heterocycles. The van der Waals surface area contributed by atoms with Gasteiger partial charge in [-0.05, 0) is 38.0 Å². The van der Waals surface area contributed by atoms with E-state index in [1.54, 1.807) is 7.11 Å². The zero-order valence-electron chi connectivity index (χ0n) is 10.5. The molecule has 16 heavy (non-hydrogen) atoms. The van der Waals surface area contributed by atoms with Crippen LogP contribution in [0.1, 0.15) is 18.1 Å². The summed E-state index contributed by atoms with van der Waals surface area (Å²) in [6.45, 7) is 5.93. The number of methoxy groups -OCH3 is 1. The van der Waals surface area contributed by atoms with Crippen LogP contribution in [-0.2, 0) is 0 Å². The predicted octanol–water partition coefficient (Wildman–Crippen LogP) is 2.66. The van der Waals surface area contributed by atoms with E-state index in [1.165, 1.54) is 5.56 Å². The molecule has 0 aliphatic rings. The lowest BCUT2D eigenvalue weighted by Crippen LogP contribution is -2.27. The van der Waals surface area contributed by atoms with E-state index in [1.807, 2.05) is 38.8 Å². The number of rotatable bonds is 3. The molecule has 0 saturated carbocycles. The van der Waals surface area contributed by atoms with Gasteiger partial charge >= 0.3 is 0 Å². The third kappa shape index (κ3) is 2.27. The van der Waals surface area contributed by atoms with Gasteiger partial charge in [0.05, 0.1) is 18.9 Å². The van der Waals surface area contributed by atoms with Crippen molar-refractivity contribution in [3.63, 3.8) is 0 Å². The molecule has 0 fully saturated rings. The van der Waals surface area contributed by atoms with E-state index in [0.717, 1.165) is 17.0 Å². The van der Waals surface area contributed by atoms with Gasteiger partial charge in [0.2, 0.25) is 0 Å². The Labute approximate surface area is 97.3 Å². The summed E-state index contributed by atoms with van der Waals surface area (Å²) in [7, 11) is 3.57. The fourth-order valence-electron chi connectivity index (χ4n) is 1.75. The summed E-state index contributed by atoms with van der Waals surface area (Å²) < 4.78 is 5.40. The summed E-state index contributed by atoms with van der Waals surface area (Å²) >= 11 is 0. The van der Waals surface area contributed by atoms with Gasteiger partial charge in [0, 0.05) is 7.05 Å². The number of hydrogen-bond acceptors (Lipinski definition) is 3. The zero-order valence-corrected chi connectivity index (χ0v) is 10.5. The van der Waals surface area contributed by atoms with Crippen LogP contribution in [0, 0.1) is 25.2 Å². The first-order chi connectivity index (χ1) is 7.51. The Morgan fingerprint density at radius 3 is 2.50 bits per heavy atom. The standard InChI is InChI=1S/C13H18N2O/c1-9-6-10(2)13(16-5)12(7-9)15(4)11(3)8-14/h6-7,11H,1-5H3. The normalized spacial score (nSPS) is 11.8. The molecule has 0 spiro atoms. The monoisotopic (exact) mass is 218 g/mol. The van der Waals surface area contributed by atoms with Gasteiger partial charge in [-0.25, -0.2) is 0 Å². The third-order valence-corrected chi connectivity index (χ3v) is 2.75. The SMILES string of the molecule is COc1c(C)cc(C)cc1N(C)C(C)C#N. The molecule has 3 nitrogen and oxygen atoms in total. The molecule has 86 valence electrons. The zero-order chi connectivity index (χ0) is 12.3. The molecule has 0 heterocycles. The highest BCUT2D eigenvalue weighted by Crippen LogP contribution is 2.33. The molecule has 0 N–H and O–H groups in total. The van der Waals surface area contributed by atoms with Crippen molar-refractivity contribution in [2.75, 3.05) is 19.1 Å². The number of aryl methyl sites for hydroxylation is 2. The van der Waals surface area contributed by atoms with Gasteiger partial charge in [0.15, 0.2) is 0 Å². The van der Waals surface area contributed by atoms with Crippen molar-refractivity contribution >= 4 is 5.69 Å². The molecule has 0 amide bonds. The van der Waals surface area contributed by atoms with Gasteiger partial charge in [-0.15, -0.1) is 0 Å². The fourth-order valence-corrected chi connectivity index (χ4v) is 1.75. The number of hydrogen-bond donors (Lipinski definition) is 0. The van der Waals surface area contributed by atoms with Crippen molar-refractivity contribution in [3.8, 4) is 11.8 Å². The molecule has 0 bridgehead atoms. The lowest BCUT2D eigenvalue weighted by atomic mass is 10.1. The van der Waals surface area contributed by atoms with Crippen molar-refractivity contribution in [3.05, 3.63) is 23.3 Å². The second-order valence-electron chi connectivity index (χ2n) is 4.05. The Hall–Kier alpha value is -1.69. The number of benzene rings is 1. The maximum absolute atomic E-state index is 8.94. The maximum atomic E-state index is 8.94. The molecule has 1 aromatic carbocycles. The Bertz CT molecular complexity index is 421. The summed E-state index contributed by atoms with van der Waals surface area (Å²) in [6, 6.07) is 6.17. The average Bonchev–Trinajstić information content (AvgIpc) is 2.26. The smallest absolute Gasteiger partial charge is 0.145 e. The van der Waals surface area contributed by atoms with Crippen LogP contribution in [0.4, 0.5) is 5.69 Å². The van der Waals surface area contributed by atoms with E-state index in [9.17, 15) is 0 Å². The molecule has 3 heteroatoms. The minimum atomic E-state index is -0.171. The Morgan fingerprint density at radius 2 is 2.00 bits per heavy atom. The summed E-state index contributed by atoms with van der Waals surface area (Å²) in [5.41, 5.74) is 3.23. The molecule has 1 aromatic rings. The fraction of sp³-hybridized carbons (Fsp3) is 0.462. The highest BCUT2D eigenvalue weighted by molar-refractivity contribution is 5.64. The lowest BCUT2D eigenvalue weighted by molar-refractivity contribution is 0.411. The van der Waals surface area contributed by atoms with Crippen LogP contribution in [-0.4, -0.2) is 20.2 Å². The molecule has 1 rings (SSSR count). The molecule has 0 radical (unpaired) electrons. The Morgan fingerprint density at radius 1 is 1.38 bits per heavy atom. The summed E-state index contributed by atoms with van der Waals surface area (Å²) in [4.78, 5) is 1.93. The molecule has 0 aliphatic carbocycles. The van der Waals surface area contributed by atoms with E-state index in [0.29, 0.717) is 0 Å². The molecule has 1 unspecified atom stereocenters. The second-order valence-corrected chi connectivity index (χ2v) is 4.05. The summed E-state index contributed by atoms with van der Waals surface area (Å²) in [5, 5.41) is 8.94. The van der Waals surface area contributed by atoms with Gasteiger partial charge in [-0.3, -0.25) is 0 Å². The Balaban J connectivity index is 3.27. The van der Waals surface area contributed by atoms with Gasteiger partial charge in [-0.1, -0.05) is 6.07 Å². The highest BCUT2D eigenvalue weighted by atomic mass is 16.5. The minimum absolute atomic E-state index is 0.171. The lowest BCUT2D eigenvalue weighted by Gasteiger charge is -2.25. The van der Waals surface area contributed by atoms with Crippen molar-refractivity contribution in [2.24, 2.45) is 0 Å². The van der Waals surface area contributed by atoms with Crippen molar-refractivity contribution in [2.45, 2.75) is 26.8 Å². The number of ether oxygens (including phenoxy) is 1. The van der Waals surface area contributed by atoms with Crippen molar-refractivity contribution in [1.82, 2.24) is 0 Å². The van der Waals surface area contributed by atoms with Crippen molar-refractivity contribution in [1.29, 1.82) is 5.26 Å². The van der Waals surface area contributed by atoms with Crippen LogP contribution in [0.25, 0.3) is 0 Å². The molecule has 0 saturated heterocycles.